The molecule has 0 aromatic rings. The molecule has 3 unspecified atom stereocenters. The third-order valence-corrected chi connectivity index (χ3v) is 4.35. The molecule has 0 aromatic heterocycles. The second-order valence-electron chi connectivity index (χ2n) is 5.40. The van der Waals surface area contributed by atoms with Crippen molar-refractivity contribution in [3.63, 3.8) is 0 Å². The Morgan fingerprint density at radius 3 is 2.07 bits per heavy atom. The molecule has 0 aliphatic heterocycles. The molecule has 0 bridgehead atoms. The van der Waals surface area contributed by atoms with Crippen LogP contribution in [0.1, 0.15) is 57.8 Å². The van der Waals surface area contributed by atoms with Gasteiger partial charge in [-0.15, -0.1) is 0 Å². The molecule has 0 aromatic carbocycles. The molecule has 2 N–H and O–H groups in total. The normalized spacial score (nSPS) is 36.4. The minimum Gasteiger partial charge on any atom is -0.393 e. The minimum atomic E-state index is -0.240. The first-order valence-corrected chi connectivity index (χ1v) is 6.65. The van der Waals surface area contributed by atoms with Crippen LogP contribution in [0.5, 0.6) is 0 Å². The summed E-state index contributed by atoms with van der Waals surface area (Å²) < 4.78 is 0. The van der Waals surface area contributed by atoms with E-state index in [1.54, 1.807) is 0 Å². The van der Waals surface area contributed by atoms with Crippen molar-refractivity contribution >= 4 is 0 Å². The van der Waals surface area contributed by atoms with Crippen LogP contribution in [0.3, 0.4) is 0 Å². The van der Waals surface area contributed by atoms with Gasteiger partial charge in [0, 0.05) is 5.92 Å². The average Bonchev–Trinajstić information content (AvgIpc) is 2.30. The SMILES string of the molecule is OC1CCCCC1C(O)C1CCCCC1. The Balaban J connectivity index is 1.89. The zero-order chi connectivity index (χ0) is 10.7. The largest absolute Gasteiger partial charge is 0.393 e. The van der Waals surface area contributed by atoms with Crippen molar-refractivity contribution in [2.45, 2.75) is 70.0 Å². The Labute approximate surface area is 92.7 Å². The molecule has 2 fully saturated rings. The molecule has 3 atom stereocenters. The molecule has 2 aliphatic carbocycles. The van der Waals surface area contributed by atoms with E-state index in [1.165, 1.54) is 38.5 Å². The summed E-state index contributed by atoms with van der Waals surface area (Å²) in [5.74, 6) is 0.637. The van der Waals surface area contributed by atoms with Crippen molar-refractivity contribution in [2.24, 2.45) is 11.8 Å². The van der Waals surface area contributed by atoms with E-state index in [0.717, 1.165) is 19.3 Å². The Kier molecular flexibility index (Phi) is 4.04. The van der Waals surface area contributed by atoms with Crippen LogP contribution in [-0.2, 0) is 0 Å². The molecule has 88 valence electrons. The Morgan fingerprint density at radius 1 is 0.800 bits per heavy atom. The molecule has 15 heavy (non-hydrogen) atoms. The van der Waals surface area contributed by atoms with E-state index in [1.807, 2.05) is 0 Å². The van der Waals surface area contributed by atoms with Crippen LogP contribution in [0, 0.1) is 11.8 Å². The molecule has 2 nitrogen and oxygen atoms in total. The lowest BCUT2D eigenvalue weighted by Gasteiger charge is -2.37. The van der Waals surface area contributed by atoms with Crippen LogP contribution in [0.4, 0.5) is 0 Å². The van der Waals surface area contributed by atoms with Gasteiger partial charge in [-0.1, -0.05) is 32.1 Å². The van der Waals surface area contributed by atoms with Gasteiger partial charge < -0.3 is 10.2 Å². The lowest BCUT2D eigenvalue weighted by Crippen LogP contribution is -2.39. The second kappa shape index (κ2) is 5.31. The lowest BCUT2D eigenvalue weighted by atomic mass is 9.74. The molecule has 0 heterocycles. The van der Waals surface area contributed by atoms with Crippen molar-refractivity contribution in [1.82, 2.24) is 0 Å². The first kappa shape index (κ1) is 11.4. The summed E-state index contributed by atoms with van der Waals surface area (Å²) in [5, 5.41) is 20.2. The van der Waals surface area contributed by atoms with Gasteiger partial charge in [0.05, 0.1) is 12.2 Å². The van der Waals surface area contributed by atoms with Crippen molar-refractivity contribution < 1.29 is 10.2 Å². The smallest absolute Gasteiger partial charge is 0.0621 e. The number of hydrogen-bond donors (Lipinski definition) is 2. The number of aliphatic hydroxyl groups excluding tert-OH is 2. The Hall–Kier alpha value is -0.0800. The fourth-order valence-electron chi connectivity index (χ4n) is 3.36. The van der Waals surface area contributed by atoms with Gasteiger partial charge in [-0.3, -0.25) is 0 Å². The maximum Gasteiger partial charge on any atom is 0.0621 e. The molecule has 0 saturated heterocycles. The van der Waals surface area contributed by atoms with Gasteiger partial charge in [-0.05, 0) is 31.6 Å². The predicted molar refractivity (Wildman–Crippen MR) is 60.5 cm³/mol. The molecule has 2 aliphatic rings. The van der Waals surface area contributed by atoms with Crippen LogP contribution in [0.2, 0.25) is 0 Å². The lowest BCUT2D eigenvalue weighted by molar-refractivity contribution is -0.0460. The van der Waals surface area contributed by atoms with E-state index in [0.29, 0.717) is 5.92 Å². The summed E-state index contributed by atoms with van der Waals surface area (Å²) in [6, 6.07) is 0. The van der Waals surface area contributed by atoms with Crippen LogP contribution < -0.4 is 0 Å². The molecule has 2 heteroatoms. The van der Waals surface area contributed by atoms with Crippen molar-refractivity contribution in [3.05, 3.63) is 0 Å². The zero-order valence-electron chi connectivity index (χ0n) is 9.57. The second-order valence-corrected chi connectivity index (χ2v) is 5.40. The van der Waals surface area contributed by atoms with Crippen molar-refractivity contribution in [3.8, 4) is 0 Å². The summed E-state index contributed by atoms with van der Waals surface area (Å²) >= 11 is 0. The van der Waals surface area contributed by atoms with E-state index in [-0.39, 0.29) is 18.1 Å². The number of rotatable bonds is 2. The van der Waals surface area contributed by atoms with E-state index in [9.17, 15) is 10.2 Å². The maximum atomic E-state index is 10.3. The van der Waals surface area contributed by atoms with Crippen molar-refractivity contribution in [1.29, 1.82) is 0 Å². The summed E-state index contributed by atoms with van der Waals surface area (Å²) in [5.41, 5.74) is 0. The van der Waals surface area contributed by atoms with Crippen LogP contribution in [0.15, 0.2) is 0 Å². The zero-order valence-corrected chi connectivity index (χ0v) is 9.57. The summed E-state index contributed by atoms with van der Waals surface area (Å²) in [6.07, 6.45) is 9.98. The predicted octanol–water partition coefficient (Wildman–Crippen LogP) is 2.48. The highest BCUT2D eigenvalue weighted by Gasteiger charge is 2.34. The highest BCUT2D eigenvalue weighted by Crippen LogP contribution is 2.35. The molecule has 0 spiro atoms. The first-order chi connectivity index (χ1) is 7.29. The van der Waals surface area contributed by atoms with E-state index < -0.39 is 0 Å². The van der Waals surface area contributed by atoms with Crippen molar-refractivity contribution in [2.75, 3.05) is 0 Å². The molecule has 2 rings (SSSR count). The summed E-state index contributed by atoms with van der Waals surface area (Å²) in [6.45, 7) is 0. The topological polar surface area (TPSA) is 40.5 Å². The van der Waals surface area contributed by atoms with Gasteiger partial charge in [0.25, 0.3) is 0 Å². The number of aliphatic hydroxyl groups is 2. The van der Waals surface area contributed by atoms with Crippen LogP contribution in [0.25, 0.3) is 0 Å². The Morgan fingerprint density at radius 2 is 1.40 bits per heavy atom. The first-order valence-electron chi connectivity index (χ1n) is 6.65. The highest BCUT2D eigenvalue weighted by atomic mass is 16.3. The van der Waals surface area contributed by atoms with Gasteiger partial charge in [0.15, 0.2) is 0 Å². The van der Waals surface area contributed by atoms with Gasteiger partial charge in [-0.25, -0.2) is 0 Å². The monoisotopic (exact) mass is 212 g/mol. The van der Waals surface area contributed by atoms with Crippen LogP contribution in [-0.4, -0.2) is 22.4 Å². The molecule has 2 saturated carbocycles. The average molecular weight is 212 g/mol. The third kappa shape index (κ3) is 2.73. The maximum absolute atomic E-state index is 10.3. The summed E-state index contributed by atoms with van der Waals surface area (Å²) in [4.78, 5) is 0. The van der Waals surface area contributed by atoms with Gasteiger partial charge in [0.1, 0.15) is 0 Å². The molecular formula is C13H24O2. The van der Waals surface area contributed by atoms with E-state index in [4.69, 9.17) is 0 Å². The standard InChI is InChI=1S/C13H24O2/c14-12-9-5-4-8-11(12)13(15)10-6-2-1-3-7-10/h10-15H,1-9H2. The molecule has 0 amide bonds. The van der Waals surface area contributed by atoms with E-state index >= 15 is 0 Å². The quantitative estimate of drug-likeness (QED) is 0.738. The fraction of sp³-hybridized carbons (Fsp3) is 1.00. The van der Waals surface area contributed by atoms with Gasteiger partial charge in [-0.2, -0.15) is 0 Å². The highest BCUT2D eigenvalue weighted by molar-refractivity contribution is 4.85. The molecule has 0 radical (unpaired) electrons. The number of hydrogen-bond acceptors (Lipinski definition) is 2. The molecular weight excluding hydrogens is 188 g/mol. The minimum absolute atomic E-state index is 0.168. The van der Waals surface area contributed by atoms with Crippen LogP contribution >= 0.6 is 0 Å². The Bertz CT molecular complexity index is 187. The fourth-order valence-corrected chi connectivity index (χ4v) is 3.36. The third-order valence-electron chi connectivity index (χ3n) is 4.35. The van der Waals surface area contributed by atoms with Gasteiger partial charge >= 0.3 is 0 Å². The van der Waals surface area contributed by atoms with E-state index in [2.05, 4.69) is 0 Å². The summed E-state index contributed by atoms with van der Waals surface area (Å²) in [7, 11) is 0. The van der Waals surface area contributed by atoms with Gasteiger partial charge in [0.2, 0.25) is 0 Å².